The maximum atomic E-state index is 13.0. The van der Waals surface area contributed by atoms with Crippen molar-refractivity contribution >= 4 is 5.91 Å². The second kappa shape index (κ2) is 5.28. The molecule has 1 aliphatic rings. The van der Waals surface area contributed by atoms with E-state index in [2.05, 4.69) is 15.2 Å². The van der Waals surface area contributed by atoms with Gasteiger partial charge in [0.15, 0.2) is 0 Å². The summed E-state index contributed by atoms with van der Waals surface area (Å²) in [7, 11) is 0. The van der Waals surface area contributed by atoms with E-state index in [-0.39, 0.29) is 17.9 Å². The van der Waals surface area contributed by atoms with E-state index in [4.69, 9.17) is 4.74 Å². The number of ether oxygens (including phenoxy) is 1. The summed E-state index contributed by atoms with van der Waals surface area (Å²) in [5.74, 6) is -0.420. The molecule has 3 rings (SSSR count). The zero-order valence-corrected chi connectivity index (χ0v) is 10.6. The number of carbonyl (C=O) groups is 1. The van der Waals surface area contributed by atoms with Crippen LogP contribution in [0.5, 0.6) is 5.88 Å². The fourth-order valence-electron chi connectivity index (χ4n) is 2.19. The smallest absolute Gasteiger partial charge is 0.257 e. The molecule has 20 heavy (non-hydrogen) atoms. The third-order valence-electron chi connectivity index (χ3n) is 3.15. The van der Waals surface area contributed by atoms with Crippen LogP contribution in [-0.2, 0) is 0 Å². The highest BCUT2D eigenvalue weighted by Gasteiger charge is 2.28. The summed E-state index contributed by atoms with van der Waals surface area (Å²) < 4.78 is 18.6. The fraction of sp³-hybridized carbons (Fsp3) is 0.308. The van der Waals surface area contributed by atoms with Crippen molar-refractivity contribution < 1.29 is 13.9 Å². The third-order valence-corrected chi connectivity index (χ3v) is 3.15. The van der Waals surface area contributed by atoms with E-state index in [1.165, 1.54) is 12.3 Å². The predicted molar refractivity (Wildman–Crippen MR) is 67.7 cm³/mol. The molecule has 1 N–H and O–H groups in total. The quantitative estimate of drug-likeness (QED) is 0.856. The Morgan fingerprint density at radius 1 is 1.50 bits per heavy atom. The van der Waals surface area contributed by atoms with Gasteiger partial charge in [-0.15, -0.1) is 0 Å². The van der Waals surface area contributed by atoms with Crippen LogP contribution in [0.15, 0.2) is 30.6 Å². The summed E-state index contributed by atoms with van der Waals surface area (Å²) in [6, 6.07) is 4.40. The summed E-state index contributed by atoms with van der Waals surface area (Å²) in [6.45, 7) is 1.06. The number of nitrogens with zero attached hydrogens (tertiary/aromatic N) is 3. The van der Waals surface area contributed by atoms with Crippen LogP contribution >= 0.6 is 0 Å². The van der Waals surface area contributed by atoms with Gasteiger partial charge in [0.1, 0.15) is 6.10 Å². The minimum atomic E-state index is -0.577. The van der Waals surface area contributed by atoms with Crippen molar-refractivity contribution in [2.75, 3.05) is 13.1 Å². The Bertz CT molecular complexity index is 602. The number of rotatable bonds is 3. The van der Waals surface area contributed by atoms with Crippen molar-refractivity contribution in [1.29, 1.82) is 0 Å². The first-order chi connectivity index (χ1) is 9.72. The lowest BCUT2D eigenvalue weighted by molar-refractivity contribution is 0.0771. The van der Waals surface area contributed by atoms with Gasteiger partial charge < -0.3 is 9.64 Å². The number of pyridine rings is 1. The average molecular weight is 276 g/mol. The number of halogens is 1. The van der Waals surface area contributed by atoms with Crippen LogP contribution in [0.3, 0.4) is 0 Å². The van der Waals surface area contributed by atoms with E-state index in [0.29, 0.717) is 25.1 Å². The van der Waals surface area contributed by atoms with E-state index in [9.17, 15) is 9.18 Å². The monoisotopic (exact) mass is 276 g/mol. The zero-order chi connectivity index (χ0) is 13.9. The minimum absolute atomic E-state index is 0.0861. The molecule has 6 nitrogen and oxygen atoms in total. The number of aromatic amines is 1. The van der Waals surface area contributed by atoms with Gasteiger partial charge in [0.05, 0.1) is 18.3 Å². The number of aromatic nitrogens is 3. The SMILES string of the molecule is O=C(c1cn[nH]c1)N1CCC(Oc2cccc(F)n2)C1. The molecule has 0 radical (unpaired) electrons. The van der Waals surface area contributed by atoms with Gasteiger partial charge in [0.25, 0.3) is 5.91 Å². The van der Waals surface area contributed by atoms with Gasteiger partial charge in [-0.2, -0.15) is 14.5 Å². The molecule has 3 heterocycles. The van der Waals surface area contributed by atoms with Crippen molar-refractivity contribution in [3.63, 3.8) is 0 Å². The lowest BCUT2D eigenvalue weighted by Gasteiger charge is -2.16. The van der Waals surface area contributed by atoms with Crippen molar-refractivity contribution in [3.05, 3.63) is 42.1 Å². The molecule has 2 aromatic rings. The standard InChI is InChI=1S/C13H13FN4O2/c14-11-2-1-3-12(17-11)20-10-4-5-18(8-10)13(19)9-6-15-16-7-9/h1-3,6-7,10H,4-5,8H2,(H,15,16). The molecular formula is C13H13FN4O2. The second-order valence-corrected chi connectivity index (χ2v) is 4.57. The van der Waals surface area contributed by atoms with Gasteiger partial charge in [0.2, 0.25) is 11.8 Å². The van der Waals surface area contributed by atoms with Crippen LogP contribution in [0, 0.1) is 5.95 Å². The predicted octanol–water partition coefficient (Wildman–Crippen LogP) is 1.24. The van der Waals surface area contributed by atoms with E-state index in [1.807, 2.05) is 0 Å². The number of nitrogens with one attached hydrogen (secondary N) is 1. The van der Waals surface area contributed by atoms with E-state index >= 15 is 0 Å². The molecule has 1 amide bonds. The van der Waals surface area contributed by atoms with Crippen LogP contribution in [0.4, 0.5) is 4.39 Å². The molecule has 0 spiro atoms. The molecular weight excluding hydrogens is 263 g/mol. The van der Waals surface area contributed by atoms with Crippen molar-refractivity contribution in [2.24, 2.45) is 0 Å². The number of H-pyrrole nitrogens is 1. The Morgan fingerprint density at radius 2 is 2.40 bits per heavy atom. The Hall–Kier alpha value is -2.44. The van der Waals surface area contributed by atoms with Crippen molar-refractivity contribution in [3.8, 4) is 5.88 Å². The molecule has 1 aliphatic heterocycles. The van der Waals surface area contributed by atoms with Gasteiger partial charge in [-0.1, -0.05) is 6.07 Å². The second-order valence-electron chi connectivity index (χ2n) is 4.57. The summed E-state index contributed by atoms with van der Waals surface area (Å²) >= 11 is 0. The average Bonchev–Trinajstić information content (AvgIpc) is 3.09. The topological polar surface area (TPSA) is 71.1 Å². The highest BCUT2D eigenvalue weighted by molar-refractivity contribution is 5.93. The van der Waals surface area contributed by atoms with Crippen LogP contribution in [0.25, 0.3) is 0 Å². The molecule has 0 saturated carbocycles. The number of hydrogen-bond donors (Lipinski definition) is 1. The Morgan fingerprint density at radius 3 is 3.15 bits per heavy atom. The maximum Gasteiger partial charge on any atom is 0.257 e. The zero-order valence-electron chi connectivity index (χ0n) is 10.6. The molecule has 1 fully saturated rings. The summed E-state index contributed by atoms with van der Waals surface area (Å²) in [6.07, 6.45) is 3.58. The van der Waals surface area contributed by atoms with Gasteiger partial charge in [0, 0.05) is 25.2 Å². The van der Waals surface area contributed by atoms with Crippen LogP contribution in [0.2, 0.25) is 0 Å². The number of likely N-dealkylation sites (tertiary alicyclic amines) is 1. The van der Waals surface area contributed by atoms with E-state index in [0.717, 1.165) is 0 Å². The first-order valence-corrected chi connectivity index (χ1v) is 6.29. The minimum Gasteiger partial charge on any atom is -0.472 e. The molecule has 1 saturated heterocycles. The van der Waals surface area contributed by atoms with Crippen molar-refractivity contribution in [1.82, 2.24) is 20.1 Å². The lowest BCUT2D eigenvalue weighted by atomic mass is 10.3. The molecule has 2 aromatic heterocycles. The Balaban J connectivity index is 1.61. The van der Waals surface area contributed by atoms with Gasteiger partial charge in [-0.25, -0.2) is 0 Å². The van der Waals surface area contributed by atoms with E-state index in [1.54, 1.807) is 23.2 Å². The van der Waals surface area contributed by atoms with Gasteiger partial charge in [-0.3, -0.25) is 9.89 Å². The number of carbonyl (C=O) groups excluding carboxylic acids is 1. The number of amides is 1. The van der Waals surface area contributed by atoms with Crippen molar-refractivity contribution in [2.45, 2.75) is 12.5 Å². The first-order valence-electron chi connectivity index (χ1n) is 6.29. The Kier molecular flexibility index (Phi) is 3.32. The molecule has 0 aliphatic carbocycles. The fourth-order valence-corrected chi connectivity index (χ4v) is 2.19. The van der Waals surface area contributed by atoms with Crippen LogP contribution in [-0.4, -0.2) is 45.2 Å². The summed E-state index contributed by atoms with van der Waals surface area (Å²) in [5.41, 5.74) is 0.523. The normalized spacial score (nSPS) is 18.2. The molecule has 1 unspecified atom stereocenters. The largest absolute Gasteiger partial charge is 0.472 e. The highest BCUT2D eigenvalue weighted by Crippen LogP contribution is 2.18. The molecule has 7 heteroatoms. The van der Waals surface area contributed by atoms with E-state index < -0.39 is 5.95 Å². The molecule has 1 atom stereocenters. The Labute approximate surface area is 114 Å². The van der Waals surface area contributed by atoms with Crippen LogP contribution in [0.1, 0.15) is 16.8 Å². The van der Waals surface area contributed by atoms with Crippen LogP contribution < -0.4 is 4.74 Å². The maximum absolute atomic E-state index is 13.0. The van der Waals surface area contributed by atoms with Gasteiger partial charge in [-0.05, 0) is 6.07 Å². The lowest BCUT2D eigenvalue weighted by Crippen LogP contribution is -2.30. The molecule has 104 valence electrons. The number of hydrogen-bond acceptors (Lipinski definition) is 4. The highest BCUT2D eigenvalue weighted by atomic mass is 19.1. The van der Waals surface area contributed by atoms with Gasteiger partial charge >= 0.3 is 0 Å². The first kappa shape index (κ1) is 12.6. The molecule has 0 aromatic carbocycles. The molecule has 0 bridgehead atoms. The third kappa shape index (κ3) is 2.61. The summed E-state index contributed by atoms with van der Waals surface area (Å²) in [4.78, 5) is 17.4. The summed E-state index contributed by atoms with van der Waals surface area (Å²) in [5, 5.41) is 6.37.